The van der Waals surface area contributed by atoms with Gasteiger partial charge in [0.15, 0.2) is 11.5 Å². The number of para-hydroxylation sites is 1. The Kier molecular flexibility index (Phi) is 6.24. The van der Waals surface area contributed by atoms with E-state index in [0.717, 1.165) is 17.7 Å². The second kappa shape index (κ2) is 8.82. The first-order valence-electron chi connectivity index (χ1n) is 8.69. The third kappa shape index (κ3) is 4.74. The summed E-state index contributed by atoms with van der Waals surface area (Å²) in [4.78, 5) is 12.1. The number of nitrogens with one attached hydrogen (secondary N) is 1. The quantitative estimate of drug-likeness (QED) is 0.767. The minimum absolute atomic E-state index is 0.167. The van der Waals surface area contributed by atoms with Gasteiger partial charge < -0.3 is 19.5 Å². The van der Waals surface area contributed by atoms with Crippen LogP contribution in [-0.4, -0.2) is 33.3 Å². The number of amides is 1. The van der Waals surface area contributed by atoms with E-state index in [1.54, 1.807) is 25.3 Å². The lowest BCUT2D eigenvalue weighted by Crippen LogP contribution is -2.33. The van der Waals surface area contributed by atoms with Gasteiger partial charge in [-0.25, -0.2) is 0 Å². The van der Waals surface area contributed by atoms with Crippen molar-refractivity contribution in [2.45, 2.75) is 6.42 Å². The third-order valence-electron chi connectivity index (χ3n) is 4.40. The Labute approximate surface area is 163 Å². The van der Waals surface area contributed by atoms with Gasteiger partial charge in [-0.05, 0) is 41.8 Å². The number of fused-ring (bicyclic) bond motifs is 1. The molecule has 0 spiro atoms. The standard InChI is InChI=1S/C21H22ClNO4/c1-25-19-11-14(10-17(22)21(19)26-2)7-8-20(24)23-12-15-9-16-5-3-4-6-18(16)27-13-15/h3-8,10-11,15H,9,12-13H2,1-2H3,(H,23,24). The van der Waals surface area contributed by atoms with Gasteiger partial charge in [-0.3, -0.25) is 4.79 Å². The van der Waals surface area contributed by atoms with E-state index in [2.05, 4.69) is 11.4 Å². The lowest BCUT2D eigenvalue weighted by Gasteiger charge is -2.25. The maximum absolute atomic E-state index is 12.1. The van der Waals surface area contributed by atoms with Crippen molar-refractivity contribution >= 4 is 23.6 Å². The van der Waals surface area contributed by atoms with Gasteiger partial charge in [0.25, 0.3) is 0 Å². The molecule has 1 heterocycles. The van der Waals surface area contributed by atoms with Crippen molar-refractivity contribution < 1.29 is 19.0 Å². The molecule has 1 N–H and O–H groups in total. The Morgan fingerprint density at radius 2 is 2.11 bits per heavy atom. The number of hydrogen-bond donors (Lipinski definition) is 1. The van der Waals surface area contributed by atoms with Crippen molar-refractivity contribution in [3.8, 4) is 17.2 Å². The number of ether oxygens (including phenoxy) is 3. The number of benzene rings is 2. The van der Waals surface area contributed by atoms with Crippen LogP contribution in [0.3, 0.4) is 0 Å². The zero-order valence-electron chi connectivity index (χ0n) is 15.3. The van der Waals surface area contributed by atoms with Gasteiger partial charge in [-0.15, -0.1) is 0 Å². The average Bonchev–Trinajstić information content (AvgIpc) is 2.70. The van der Waals surface area contributed by atoms with E-state index in [9.17, 15) is 4.79 Å². The Morgan fingerprint density at radius 1 is 1.30 bits per heavy atom. The molecule has 27 heavy (non-hydrogen) atoms. The molecule has 1 aliphatic rings. The summed E-state index contributed by atoms with van der Waals surface area (Å²) >= 11 is 6.18. The smallest absolute Gasteiger partial charge is 0.244 e. The molecule has 6 heteroatoms. The zero-order chi connectivity index (χ0) is 19.2. The van der Waals surface area contributed by atoms with Crippen LogP contribution in [-0.2, 0) is 11.2 Å². The molecule has 1 atom stereocenters. The highest BCUT2D eigenvalue weighted by molar-refractivity contribution is 6.32. The fraction of sp³-hybridized carbons (Fsp3) is 0.286. The molecule has 0 saturated carbocycles. The van der Waals surface area contributed by atoms with Crippen LogP contribution in [0.25, 0.3) is 6.08 Å². The van der Waals surface area contributed by atoms with Crippen molar-refractivity contribution in [3.05, 3.63) is 58.6 Å². The molecule has 142 valence electrons. The Hall–Kier alpha value is -2.66. The van der Waals surface area contributed by atoms with Crippen molar-refractivity contribution in [2.75, 3.05) is 27.4 Å². The molecule has 0 radical (unpaired) electrons. The maximum atomic E-state index is 12.1. The molecule has 0 saturated heterocycles. The number of hydrogen-bond acceptors (Lipinski definition) is 4. The van der Waals surface area contributed by atoms with E-state index in [1.165, 1.54) is 18.7 Å². The summed E-state index contributed by atoms with van der Waals surface area (Å²) < 4.78 is 16.2. The molecule has 0 fully saturated rings. The monoisotopic (exact) mass is 387 g/mol. The largest absolute Gasteiger partial charge is 0.493 e. The zero-order valence-corrected chi connectivity index (χ0v) is 16.1. The fourth-order valence-corrected chi connectivity index (χ4v) is 3.33. The van der Waals surface area contributed by atoms with Crippen LogP contribution in [0.1, 0.15) is 11.1 Å². The molecule has 0 aliphatic carbocycles. The lowest BCUT2D eigenvalue weighted by atomic mass is 9.97. The average molecular weight is 388 g/mol. The third-order valence-corrected chi connectivity index (χ3v) is 4.68. The molecule has 1 amide bonds. The second-order valence-electron chi connectivity index (χ2n) is 6.31. The number of carbonyl (C=O) groups excluding carboxylic acids is 1. The Balaban J connectivity index is 1.56. The molecule has 3 rings (SSSR count). The highest BCUT2D eigenvalue weighted by Crippen LogP contribution is 2.36. The Morgan fingerprint density at radius 3 is 2.89 bits per heavy atom. The Bertz CT molecular complexity index is 850. The molecular weight excluding hydrogens is 366 g/mol. The predicted octanol–water partition coefficient (Wildman–Crippen LogP) is 3.74. The van der Waals surface area contributed by atoms with E-state index < -0.39 is 0 Å². The van der Waals surface area contributed by atoms with Gasteiger partial charge in [-0.1, -0.05) is 29.8 Å². The summed E-state index contributed by atoms with van der Waals surface area (Å²) in [6, 6.07) is 11.5. The van der Waals surface area contributed by atoms with Gasteiger partial charge in [0, 0.05) is 18.5 Å². The summed E-state index contributed by atoms with van der Waals surface area (Å²) in [6.45, 7) is 1.16. The molecule has 2 aromatic rings. The normalized spacial score (nSPS) is 15.7. The van der Waals surface area contributed by atoms with Crippen LogP contribution >= 0.6 is 11.6 Å². The molecule has 1 aliphatic heterocycles. The predicted molar refractivity (Wildman–Crippen MR) is 106 cm³/mol. The summed E-state index contributed by atoms with van der Waals surface area (Å²) in [5.74, 6) is 2.01. The second-order valence-corrected chi connectivity index (χ2v) is 6.71. The highest BCUT2D eigenvalue weighted by Gasteiger charge is 2.19. The van der Waals surface area contributed by atoms with E-state index in [-0.39, 0.29) is 11.8 Å². The van der Waals surface area contributed by atoms with Crippen LogP contribution in [0, 0.1) is 5.92 Å². The summed E-state index contributed by atoms with van der Waals surface area (Å²) in [5, 5.41) is 3.35. The van der Waals surface area contributed by atoms with Crippen LogP contribution in [0.2, 0.25) is 5.02 Å². The van der Waals surface area contributed by atoms with Crippen molar-refractivity contribution in [1.82, 2.24) is 5.32 Å². The summed E-state index contributed by atoms with van der Waals surface area (Å²) in [7, 11) is 3.07. The van der Waals surface area contributed by atoms with E-state index in [4.69, 9.17) is 25.8 Å². The van der Waals surface area contributed by atoms with E-state index in [0.29, 0.717) is 29.7 Å². The first-order valence-corrected chi connectivity index (χ1v) is 9.06. The van der Waals surface area contributed by atoms with Gasteiger partial charge >= 0.3 is 0 Å². The summed E-state index contributed by atoms with van der Waals surface area (Å²) in [6.07, 6.45) is 4.07. The lowest BCUT2D eigenvalue weighted by molar-refractivity contribution is -0.116. The first kappa shape index (κ1) is 19.1. The SMILES string of the molecule is COc1cc(C=CC(=O)NCC2COc3ccccc3C2)cc(Cl)c1OC. The molecule has 2 aromatic carbocycles. The van der Waals surface area contributed by atoms with Crippen LogP contribution in [0.5, 0.6) is 17.2 Å². The fourth-order valence-electron chi connectivity index (χ4n) is 3.03. The van der Waals surface area contributed by atoms with Gasteiger partial charge in [0.1, 0.15) is 5.75 Å². The molecule has 0 aromatic heterocycles. The molecule has 1 unspecified atom stereocenters. The van der Waals surface area contributed by atoms with Crippen molar-refractivity contribution in [2.24, 2.45) is 5.92 Å². The highest BCUT2D eigenvalue weighted by atomic mass is 35.5. The van der Waals surface area contributed by atoms with Gasteiger partial charge in [0.05, 0.1) is 25.8 Å². The molecule has 5 nitrogen and oxygen atoms in total. The van der Waals surface area contributed by atoms with Crippen LogP contribution in [0.15, 0.2) is 42.5 Å². The van der Waals surface area contributed by atoms with Crippen LogP contribution < -0.4 is 19.5 Å². The topological polar surface area (TPSA) is 56.8 Å². The number of methoxy groups -OCH3 is 2. The summed E-state index contributed by atoms with van der Waals surface area (Å²) in [5.41, 5.74) is 1.93. The van der Waals surface area contributed by atoms with Crippen LogP contribution in [0.4, 0.5) is 0 Å². The van der Waals surface area contributed by atoms with Gasteiger partial charge in [0.2, 0.25) is 5.91 Å². The number of rotatable bonds is 6. The minimum atomic E-state index is -0.167. The maximum Gasteiger partial charge on any atom is 0.244 e. The molecular formula is C21H22ClNO4. The van der Waals surface area contributed by atoms with Crippen molar-refractivity contribution in [1.29, 1.82) is 0 Å². The number of halogens is 1. The van der Waals surface area contributed by atoms with E-state index in [1.807, 2.05) is 18.2 Å². The molecule has 0 bridgehead atoms. The van der Waals surface area contributed by atoms with Gasteiger partial charge in [-0.2, -0.15) is 0 Å². The number of carbonyl (C=O) groups is 1. The minimum Gasteiger partial charge on any atom is -0.493 e. The van der Waals surface area contributed by atoms with Crippen molar-refractivity contribution in [3.63, 3.8) is 0 Å². The first-order chi connectivity index (χ1) is 13.1. The van der Waals surface area contributed by atoms with E-state index >= 15 is 0 Å².